The summed E-state index contributed by atoms with van der Waals surface area (Å²) in [4.78, 5) is 23.6. The molecule has 0 atom stereocenters. The van der Waals surface area contributed by atoms with Crippen molar-refractivity contribution in [3.05, 3.63) is 77.9 Å². The predicted octanol–water partition coefficient (Wildman–Crippen LogP) is 6.22. The fraction of sp³-hybridized carbons (Fsp3) is 0.0417. The number of thiazole rings is 1. The SMILES string of the molecule is COc1nc2c3c(cccc3c1Sc1nc3ccccc3s1)C(=O)c1ccccc1-2. The number of hydrogen-bond donors (Lipinski definition) is 0. The number of pyridine rings is 1. The highest BCUT2D eigenvalue weighted by Gasteiger charge is 2.29. The van der Waals surface area contributed by atoms with Crippen molar-refractivity contribution < 1.29 is 9.53 Å². The van der Waals surface area contributed by atoms with Crippen LogP contribution in [0.15, 0.2) is 76.0 Å². The molecule has 6 rings (SSSR count). The predicted molar refractivity (Wildman–Crippen MR) is 121 cm³/mol. The number of hydrogen-bond acceptors (Lipinski definition) is 6. The number of aromatic nitrogens is 2. The van der Waals surface area contributed by atoms with Gasteiger partial charge in [0.1, 0.15) is 0 Å². The largest absolute Gasteiger partial charge is 0.480 e. The minimum absolute atomic E-state index is 0.0339. The molecule has 0 N–H and O–H groups in total. The summed E-state index contributed by atoms with van der Waals surface area (Å²) in [6.45, 7) is 0. The number of ether oxygens (including phenoxy) is 1. The van der Waals surface area contributed by atoms with E-state index in [4.69, 9.17) is 14.7 Å². The molecule has 4 nitrogen and oxygen atoms in total. The van der Waals surface area contributed by atoms with Crippen molar-refractivity contribution in [1.82, 2.24) is 9.97 Å². The van der Waals surface area contributed by atoms with Crippen LogP contribution in [-0.4, -0.2) is 22.9 Å². The Kier molecular flexibility index (Phi) is 3.91. The molecule has 30 heavy (non-hydrogen) atoms. The molecule has 0 saturated carbocycles. The van der Waals surface area contributed by atoms with E-state index in [1.165, 1.54) is 11.8 Å². The molecule has 0 spiro atoms. The molecule has 0 radical (unpaired) electrons. The van der Waals surface area contributed by atoms with Gasteiger partial charge in [0.25, 0.3) is 0 Å². The van der Waals surface area contributed by atoms with Crippen LogP contribution in [0.1, 0.15) is 15.9 Å². The van der Waals surface area contributed by atoms with Crippen molar-refractivity contribution in [2.75, 3.05) is 7.11 Å². The van der Waals surface area contributed by atoms with E-state index in [2.05, 4.69) is 6.07 Å². The molecule has 0 fully saturated rings. The van der Waals surface area contributed by atoms with E-state index in [0.29, 0.717) is 17.0 Å². The number of carbonyl (C=O) groups is 1. The monoisotopic (exact) mass is 426 g/mol. The zero-order valence-corrected chi connectivity index (χ0v) is 17.5. The summed E-state index contributed by atoms with van der Waals surface area (Å²) in [5, 5.41) is 1.84. The van der Waals surface area contributed by atoms with E-state index < -0.39 is 0 Å². The van der Waals surface area contributed by atoms with Crippen LogP contribution in [0.3, 0.4) is 0 Å². The number of nitrogens with zero attached hydrogens (tertiary/aromatic N) is 2. The second-order valence-corrected chi connectivity index (χ2v) is 9.24. The molecular weight excluding hydrogens is 412 g/mol. The van der Waals surface area contributed by atoms with Crippen LogP contribution < -0.4 is 4.74 Å². The van der Waals surface area contributed by atoms with Gasteiger partial charge in [0.05, 0.1) is 27.9 Å². The maximum absolute atomic E-state index is 13.2. The van der Waals surface area contributed by atoms with Gasteiger partial charge >= 0.3 is 0 Å². The van der Waals surface area contributed by atoms with Gasteiger partial charge in [-0.3, -0.25) is 4.79 Å². The Morgan fingerprint density at radius 1 is 0.867 bits per heavy atom. The van der Waals surface area contributed by atoms with Gasteiger partial charge in [-0.25, -0.2) is 9.97 Å². The Bertz CT molecular complexity index is 1460. The zero-order chi connectivity index (χ0) is 20.2. The lowest BCUT2D eigenvalue weighted by molar-refractivity contribution is 0.104. The van der Waals surface area contributed by atoms with Crippen molar-refractivity contribution in [1.29, 1.82) is 0 Å². The summed E-state index contributed by atoms with van der Waals surface area (Å²) < 4.78 is 7.76. The summed E-state index contributed by atoms with van der Waals surface area (Å²) in [7, 11) is 1.63. The van der Waals surface area contributed by atoms with E-state index in [9.17, 15) is 4.79 Å². The summed E-state index contributed by atoms with van der Waals surface area (Å²) in [5.41, 5.74) is 3.98. The standard InChI is InChI=1S/C24H14N2O2S2/c1-28-23-22(30-24-25-17-11-4-5-12-18(17)29-24)16-10-6-9-15-19(16)20(26-23)13-7-2-3-8-14(13)21(15)27/h2-12H,1H3. The van der Waals surface area contributed by atoms with E-state index in [1.807, 2.05) is 60.7 Å². The number of carbonyl (C=O) groups excluding carboxylic acids is 1. The van der Waals surface area contributed by atoms with E-state index in [0.717, 1.165) is 41.5 Å². The summed E-state index contributed by atoms with van der Waals surface area (Å²) in [6, 6.07) is 21.6. The lowest BCUT2D eigenvalue weighted by Gasteiger charge is -2.21. The second kappa shape index (κ2) is 6.65. The first-order chi connectivity index (χ1) is 14.7. The average molecular weight is 427 g/mol. The highest BCUT2D eigenvalue weighted by molar-refractivity contribution is 8.01. The quantitative estimate of drug-likeness (QED) is 0.336. The first-order valence-electron chi connectivity index (χ1n) is 9.43. The molecule has 5 aromatic rings. The summed E-state index contributed by atoms with van der Waals surface area (Å²) in [6.07, 6.45) is 0. The maximum atomic E-state index is 13.2. The topological polar surface area (TPSA) is 52.1 Å². The third-order valence-corrected chi connectivity index (χ3v) is 7.48. The molecule has 0 unspecified atom stereocenters. The minimum Gasteiger partial charge on any atom is -0.480 e. The van der Waals surface area contributed by atoms with Crippen LogP contribution in [0.4, 0.5) is 0 Å². The van der Waals surface area contributed by atoms with Crippen LogP contribution in [-0.2, 0) is 0 Å². The van der Waals surface area contributed by atoms with Crippen LogP contribution in [0.2, 0.25) is 0 Å². The molecular formula is C24H14N2O2S2. The fourth-order valence-electron chi connectivity index (χ4n) is 3.96. The molecule has 2 heterocycles. The normalized spacial score (nSPS) is 12.4. The number of rotatable bonds is 3. The van der Waals surface area contributed by atoms with Crippen LogP contribution in [0, 0.1) is 0 Å². The Hall–Kier alpha value is -3.22. The van der Waals surface area contributed by atoms with Gasteiger partial charge in [-0.2, -0.15) is 0 Å². The van der Waals surface area contributed by atoms with E-state index >= 15 is 0 Å². The first-order valence-corrected chi connectivity index (χ1v) is 11.1. The third kappa shape index (κ3) is 2.51. The highest BCUT2D eigenvalue weighted by Crippen LogP contribution is 2.47. The van der Waals surface area contributed by atoms with Gasteiger partial charge in [0.2, 0.25) is 5.88 Å². The molecule has 0 aliphatic heterocycles. The summed E-state index contributed by atoms with van der Waals surface area (Å²) in [5.74, 6) is 0.578. The summed E-state index contributed by atoms with van der Waals surface area (Å²) >= 11 is 3.18. The number of para-hydroxylation sites is 1. The van der Waals surface area contributed by atoms with Gasteiger partial charge in [0, 0.05) is 27.5 Å². The van der Waals surface area contributed by atoms with Crippen molar-refractivity contribution in [3.63, 3.8) is 0 Å². The van der Waals surface area contributed by atoms with Crippen LogP contribution >= 0.6 is 23.1 Å². The molecule has 3 aromatic carbocycles. The molecule has 1 aliphatic carbocycles. The van der Waals surface area contributed by atoms with Crippen LogP contribution in [0.25, 0.3) is 32.2 Å². The minimum atomic E-state index is 0.0339. The Balaban J connectivity index is 1.63. The van der Waals surface area contributed by atoms with E-state index in [1.54, 1.807) is 18.4 Å². The Morgan fingerprint density at radius 2 is 1.63 bits per heavy atom. The fourth-order valence-corrected chi connectivity index (χ4v) is 6.15. The second-order valence-electron chi connectivity index (χ2n) is 6.95. The average Bonchev–Trinajstić information content (AvgIpc) is 3.20. The van der Waals surface area contributed by atoms with Crippen molar-refractivity contribution in [2.24, 2.45) is 0 Å². The Labute approximate surface area is 180 Å². The van der Waals surface area contributed by atoms with Crippen molar-refractivity contribution in [2.45, 2.75) is 9.24 Å². The molecule has 0 bridgehead atoms. The van der Waals surface area contributed by atoms with Crippen molar-refractivity contribution in [3.8, 4) is 17.1 Å². The van der Waals surface area contributed by atoms with Gasteiger partial charge in [-0.1, -0.05) is 66.4 Å². The molecule has 0 saturated heterocycles. The van der Waals surface area contributed by atoms with Gasteiger partial charge in [0.15, 0.2) is 10.1 Å². The Morgan fingerprint density at radius 3 is 2.47 bits per heavy atom. The maximum Gasteiger partial charge on any atom is 0.228 e. The lowest BCUT2D eigenvalue weighted by Crippen LogP contribution is -2.11. The smallest absolute Gasteiger partial charge is 0.228 e. The van der Waals surface area contributed by atoms with Crippen molar-refractivity contribution >= 4 is 49.9 Å². The van der Waals surface area contributed by atoms with Crippen LogP contribution in [0.5, 0.6) is 5.88 Å². The number of fused-ring (bicyclic) bond motifs is 3. The van der Waals surface area contributed by atoms with Gasteiger partial charge in [-0.15, -0.1) is 11.3 Å². The first kappa shape index (κ1) is 17.6. The molecule has 1 aliphatic rings. The van der Waals surface area contributed by atoms with Gasteiger partial charge in [-0.05, 0) is 12.1 Å². The molecule has 2 aromatic heterocycles. The lowest BCUT2D eigenvalue weighted by atomic mass is 9.86. The molecule has 144 valence electrons. The van der Waals surface area contributed by atoms with E-state index in [-0.39, 0.29) is 5.78 Å². The molecule has 6 heteroatoms. The molecule has 0 amide bonds. The third-order valence-electron chi connectivity index (χ3n) is 5.28. The highest BCUT2D eigenvalue weighted by atomic mass is 32.2. The number of methoxy groups -OCH3 is 1. The number of benzene rings is 3. The zero-order valence-electron chi connectivity index (χ0n) is 15.9. The number of ketones is 1. The van der Waals surface area contributed by atoms with Gasteiger partial charge < -0.3 is 4.74 Å².